The highest BCUT2D eigenvalue weighted by atomic mass is 35.5. The summed E-state index contributed by atoms with van der Waals surface area (Å²) < 4.78 is 26.8. The summed E-state index contributed by atoms with van der Waals surface area (Å²) in [6.07, 6.45) is 0. The van der Waals surface area contributed by atoms with E-state index >= 15 is 0 Å². The number of benzene rings is 2. The van der Waals surface area contributed by atoms with Gasteiger partial charge in [-0.25, -0.2) is 13.1 Å². The Balaban J connectivity index is 1.98. The molecule has 0 radical (unpaired) electrons. The molecule has 0 aliphatic heterocycles. The van der Waals surface area contributed by atoms with E-state index in [2.05, 4.69) is 15.4 Å². The van der Waals surface area contributed by atoms with Crippen molar-refractivity contribution in [2.75, 3.05) is 5.32 Å². The van der Waals surface area contributed by atoms with Crippen LogP contribution in [0.2, 0.25) is 5.02 Å². The van der Waals surface area contributed by atoms with Gasteiger partial charge in [-0.1, -0.05) is 23.7 Å². The van der Waals surface area contributed by atoms with Crippen molar-refractivity contribution >= 4 is 33.2 Å². The third-order valence-electron chi connectivity index (χ3n) is 4.06. The SMILES string of the molecule is CC(C)NS(=O)(=O)c1ccc(NC(=O)[C@H](C)N[C@H](C)c2cccc(Cl)c2)cc1. The number of amides is 1. The maximum atomic E-state index is 12.4. The van der Waals surface area contributed by atoms with Crippen molar-refractivity contribution in [3.63, 3.8) is 0 Å². The molecule has 3 N–H and O–H groups in total. The summed E-state index contributed by atoms with van der Waals surface area (Å²) in [6.45, 7) is 7.23. The second-order valence-electron chi connectivity index (χ2n) is 6.95. The lowest BCUT2D eigenvalue weighted by molar-refractivity contribution is -0.117. The van der Waals surface area contributed by atoms with Gasteiger partial charge in [0, 0.05) is 22.8 Å². The van der Waals surface area contributed by atoms with Crippen molar-refractivity contribution in [2.24, 2.45) is 0 Å². The molecule has 6 nitrogen and oxygen atoms in total. The Labute approximate surface area is 171 Å². The van der Waals surface area contributed by atoms with Crippen LogP contribution in [0.3, 0.4) is 0 Å². The minimum Gasteiger partial charge on any atom is -0.325 e. The molecule has 0 aliphatic carbocycles. The molecule has 0 unspecified atom stereocenters. The third kappa shape index (κ3) is 6.31. The Morgan fingerprint density at radius 3 is 2.21 bits per heavy atom. The van der Waals surface area contributed by atoms with Gasteiger partial charge in [-0.05, 0) is 69.7 Å². The predicted octanol–water partition coefficient (Wildman–Crippen LogP) is 3.70. The number of carbonyl (C=O) groups is 1. The lowest BCUT2D eigenvalue weighted by Gasteiger charge is -2.20. The van der Waals surface area contributed by atoms with Crippen LogP contribution >= 0.6 is 11.6 Å². The fourth-order valence-corrected chi connectivity index (χ4v) is 4.12. The first-order chi connectivity index (χ1) is 13.1. The zero-order valence-corrected chi connectivity index (χ0v) is 17.9. The fraction of sp³-hybridized carbons (Fsp3) is 0.350. The second kappa shape index (κ2) is 9.52. The highest BCUT2D eigenvalue weighted by molar-refractivity contribution is 7.89. The Bertz CT molecular complexity index is 915. The first-order valence-corrected chi connectivity index (χ1v) is 10.9. The quantitative estimate of drug-likeness (QED) is 0.604. The molecule has 0 saturated heterocycles. The average Bonchev–Trinajstić information content (AvgIpc) is 2.61. The van der Waals surface area contributed by atoms with Gasteiger partial charge in [0.25, 0.3) is 0 Å². The van der Waals surface area contributed by atoms with Gasteiger partial charge in [-0.15, -0.1) is 0 Å². The number of halogens is 1. The summed E-state index contributed by atoms with van der Waals surface area (Å²) in [5.41, 5.74) is 1.51. The molecule has 28 heavy (non-hydrogen) atoms. The zero-order valence-electron chi connectivity index (χ0n) is 16.4. The van der Waals surface area contributed by atoms with Crippen LogP contribution in [0.4, 0.5) is 5.69 Å². The Hall–Kier alpha value is -1.93. The molecular formula is C20H26ClN3O3S. The van der Waals surface area contributed by atoms with Crippen LogP contribution in [0.5, 0.6) is 0 Å². The van der Waals surface area contributed by atoms with Crippen molar-refractivity contribution in [1.82, 2.24) is 10.0 Å². The van der Waals surface area contributed by atoms with E-state index in [1.54, 1.807) is 39.0 Å². The monoisotopic (exact) mass is 423 g/mol. The first-order valence-electron chi connectivity index (χ1n) is 9.03. The Morgan fingerprint density at radius 1 is 1.00 bits per heavy atom. The summed E-state index contributed by atoms with van der Waals surface area (Å²) in [7, 11) is -3.56. The molecule has 2 aromatic rings. The molecule has 2 atom stereocenters. The van der Waals surface area contributed by atoms with Crippen LogP contribution in [-0.4, -0.2) is 26.4 Å². The molecule has 8 heteroatoms. The predicted molar refractivity (Wildman–Crippen MR) is 113 cm³/mol. The topological polar surface area (TPSA) is 87.3 Å². The minimum absolute atomic E-state index is 0.0610. The summed E-state index contributed by atoms with van der Waals surface area (Å²) in [5.74, 6) is -0.218. The van der Waals surface area contributed by atoms with Gasteiger partial charge in [0.05, 0.1) is 10.9 Å². The van der Waals surface area contributed by atoms with E-state index < -0.39 is 16.1 Å². The normalized spacial score (nSPS) is 13.9. The Morgan fingerprint density at radius 2 is 1.64 bits per heavy atom. The zero-order chi connectivity index (χ0) is 20.9. The summed E-state index contributed by atoms with van der Waals surface area (Å²) in [4.78, 5) is 12.6. The molecule has 0 aromatic heterocycles. The molecule has 2 rings (SSSR count). The highest BCUT2D eigenvalue weighted by Crippen LogP contribution is 2.18. The Kier molecular flexibility index (Phi) is 7.60. The van der Waals surface area contributed by atoms with E-state index in [9.17, 15) is 13.2 Å². The van der Waals surface area contributed by atoms with Gasteiger partial charge in [-0.2, -0.15) is 0 Å². The van der Waals surface area contributed by atoms with Crippen LogP contribution in [-0.2, 0) is 14.8 Å². The summed E-state index contributed by atoms with van der Waals surface area (Å²) in [6, 6.07) is 12.8. The van der Waals surface area contributed by atoms with Crippen LogP contribution < -0.4 is 15.4 Å². The molecular weight excluding hydrogens is 398 g/mol. The molecule has 0 saturated carbocycles. The van der Waals surface area contributed by atoms with E-state index in [4.69, 9.17) is 11.6 Å². The van der Waals surface area contributed by atoms with Crippen LogP contribution in [0, 0.1) is 0 Å². The third-order valence-corrected chi connectivity index (χ3v) is 5.97. The lowest BCUT2D eigenvalue weighted by atomic mass is 10.1. The standard InChI is InChI=1S/C20H26ClN3O3S/c1-13(2)24-28(26,27)19-10-8-18(9-11-19)23-20(25)15(4)22-14(3)16-6-5-7-17(21)12-16/h5-15,22,24H,1-4H3,(H,23,25)/t14-,15+/m1/s1. The van der Waals surface area contributed by atoms with Gasteiger partial charge >= 0.3 is 0 Å². The summed E-state index contributed by atoms with van der Waals surface area (Å²) in [5, 5.41) is 6.65. The molecule has 2 aromatic carbocycles. The van der Waals surface area contributed by atoms with Gasteiger partial charge in [0.15, 0.2) is 0 Å². The molecule has 0 aliphatic rings. The van der Waals surface area contributed by atoms with E-state index in [1.165, 1.54) is 12.1 Å². The van der Waals surface area contributed by atoms with E-state index in [0.717, 1.165) is 5.56 Å². The second-order valence-corrected chi connectivity index (χ2v) is 9.11. The first kappa shape index (κ1) is 22.4. The van der Waals surface area contributed by atoms with Crippen molar-refractivity contribution in [1.29, 1.82) is 0 Å². The van der Waals surface area contributed by atoms with Gasteiger partial charge in [0.2, 0.25) is 15.9 Å². The highest BCUT2D eigenvalue weighted by Gasteiger charge is 2.18. The molecule has 0 spiro atoms. The molecule has 0 fully saturated rings. The van der Waals surface area contributed by atoms with Crippen molar-refractivity contribution in [2.45, 2.75) is 50.7 Å². The number of rotatable bonds is 8. The largest absolute Gasteiger partial charge is 0.325 e. The molecule has 0 bridgehead atoms. The fourth-order valence-electron chi connectivity index (χ4n) is 2.67. The summed E-state index contributed by atoms with van der Waals surface area (Å²) >= 11 is 6.01. The molecule has 0 heterocycles. The minimum atomic E-state index is -3.56. The maximum absolute atomic E-state index is 12.4. The number of anilines is 1. The van der Waals surface area contributed by atoms with Crippen LogP contribution in [0.15, 0.2) is 53.4 Å². The molecule has 1 amide bonds. The van der Waals surface area contributed by atoms with Crippen molar-refractivity contribution in [3.8, 4) is 0 Å². The number of hydrogen-bond acceptors (Lipinski definition) is 4. The van der Waals surface area contributed by atoms with Crippen molar-refractivity contribution < 1.29 is 13.2 Å². The lowest BCUT2D eigenvalue weighted by Crippen LogP contribution is -2.39. The van der Waals surface area contributed by atoms with Gasteiger partial charge in [-0.3, -0.25) is 10.1 Å². The van der Waals surface area contributed by atoms with Gasteiger partial charge in [0.1, 0.15) is 0 Å². The number of nitrogens with one attached hydrogen (secondary N) is 3. The number of sulfonamides is 1. The smallest absolute Gasteiger partial charge is 0.241 e. The average molecular weight is 424 g/mol. The van der Waals surface area contributed by atoms with E-state index in [-0.39, 0.29) is 22.9 Å². The number of carbonyl (C=O) groups excluding carboxylic acids is 1. The molecule has 152 valence electrons. The van der Waals surface area contributed by atoms with Crippen LogP contribution in [0.1, 0.15) is 39.3 Å². The number of hydrogen-bond donors (Lipinski definition) is 3. The van der Waals surface area contributed by atoms with Crippen molar-refractivity contribution in [3.05, 3.63) is 59.1 Å². The van der Waals surface area contributed by atoms with E-state index in [0.29, 0.717) is 10.7 Å². The van der Waals surface area contributed by atoms with Crippen LogP contribution in [0.25, 0.3) is 0 Å². The van der Waals surface area contributed by atoms with E-state index in [1.807, 2.05) is 25.1 Å². The maximum Gasteiger partial charge on any atom is 0.241 e. The van der Waals surface area contributed by atoms with Gasteiger partial charge < -0.3 is 5.32 Å².